The van der Waals surface area contributed by atoms with Crippen LogP contribution >= 0.6 is 0 Å². The third-order valence-corrected chi connectivity index (χ3v) is 2.65. The predicted molar refractivity (Wildman–Crippen MR) is 49.4 cm³/mol. The summed E-state index contributed by atoms with van der Waals surface area (Å²) in [6, 6.07) is 3.38. The molecule has 1 rings (SSSR count). The first-order chi connectivity index (χ1) is 5.52. The highest BCUT2D eigenvalue weighted by molar-refractivity contribution is 7.79. The van der Waals surface area contributed by atoms with Crippen LogP contribution < -0.4 is 5.73 Å². The van der Waals surface area contributed by atoms with Crippen LogP contribution in [0, 0.1) is 13.8 Å². The molecule has 0 saturated heterocycles. The van der Waals surface area contributed by atoms with E-state index in [2.05, 4.69) is 0 Å². The zero-order chi connectivity index (χ0) is 9.30. The lowest BCUT2D eigenvalue weighted by Gasteiger charge is -2.06. The number of hydrogen-bond acceptors (Lipinski definition) is 2. The van der Waals surface area contributed by atoms with Crippen LogP contribution in [0.3, 0.4) is 0 Å². The van der Waals surface area contributed by atoms with Gasteiger partial charge in [-0.1, -0.05) is 0 Å². The molecule has 12 heavy (non-hydrogen) atoms. The van der Waals surface area contributed by atoms with E-state index in [1.807, 2.05) is 0 Å². The van der Waals surface area contributed by atoms with Crippen LogP contribution in [0.5, 0.6) is 0 Å². The Morgan fingerprint density at radius 2 is 1.75 bits per heavy atom. The van der Waals surface area contributed by atoms with Crippen molar-refractivity contribution in [2.75, 3.05) is 5.73 Å². The predicted octanol–water partition coefficient (Wildman–Crippen LogP) is 1.47. The van der Waals surface area contributed by atoms with E-state index in [-0.39, 0.29) is 0 Å². The molecule has 0 aliphatic heterocycles. The molecule has 3 N–H and O–H groups in total. The fraction of sp³-hybridized carbons (Fsp3) is 0.250. The maximum atomic E-state index is 10.8. The summed E-state index contributed by atoms with van der Waals surface area (Å²) in [5.41, 5.74) is 7.69. The van der Waals surface area contributed by atoms with Crippen molar-refractivity contribution in [3.8, 4) is 0 Å². The summed E-state index contributed by atoms with van der Waals surface area (Å²) in [5.74, 6) is 0. The molecule has 3 nitrogen and oxygen atoms in total. The van der Waals surface area contributed by atoms with E-state index in [4.69, 9.17) is 10.3 Å². The van der Waals surface area contributed by atoms with E-state index in [9.17, 15) is 4.21 Å². The topological polar surface area (TPSA) is 63.3 Å². The molecule has 0 aliphatic carbocycles. The zero-order valence-electron chi connectivity index (χ0n) is 7.00. The molecule has 4 heteroatoms. The van der Waals surface area contributed by atoms with Crippen LogP contribution in [0.15, 0.2) is 17.0 Å². The Hall–Kier alpha value is -0.870. The molecule has 0 aliphatic rings. The molecule has 0 aromatic heterocycles. The molecule has 1 atom stereocenters. The average molecular weight is 185 g/mol. The van der Waals surface area contributed by atoms with Crippen LogP contribution in [-0.4, -0.2) is 8.76 Å². The van der Waals surface area contributed by atoms with Crippen LogP contribution in [0.1, 0.15) is 11.1 Å². The number of nitrogen functional groups attached to an aromatic ring is 1. The summed E-state index contributed by atoms with van der Waals surface area (Å²) in [6.07, 6.45) is 0. The summed E-state index contributed by atoms with van der Waals surface area (Å²) >= 11 is -1.92. The fourth-order valence-corrected chi connectivity index (χ4v) is 1.93. The van der Waals surface area contributed by atoms with Gasteiger partial charge in [0.15, 0.2) is 11.1 Å². The highest BCUT2D eigenvalue weighted by Crippen LogP contribution is 2.20. The molecule has 0 saturated carbocycles. The lowest BCUT2D eigenvalue weighted by Crippen LogP contribution is -1.98. The third kappa shape index (κ3) is 1.65. The van der Waals surface area contributed by atoms with Gasteiger partial charge in [0.25, 0.3) is 0 Å². The van der Waals surface area contributed by atoms with E-state index < -0.39 is 11.1 Å². The second-order valence-electron chi connectivity index (χ2n) is 2.73. The summed E-state index contributed by atoms with van der Waals surface area (Å²) in [4.78, 5) is 0.462. The Morgan fingerprint density at radius 1 is 1.33 bits per heavy atom. The van der Waals surface area contributed by atoms with Crippen LogP contribution in [0.25, 0.3) is 0 Å². The first-order valence-electron chi connectivity index (χ1n) is 3.50. The van der Waals surface area contributed by atoms with Gasteiger partial charge >= 0.3 is 0 Å². The minimum absolute atomic E-state index is 0.462. The SMILES string of the molecule is Cc1cc(N)cc(C)c1S(=O)O. The summed E-state index contributed by atoms with van der Waals surface area (Å²) in [7, 11) is 0. The Bertz CT molecular complexity index is 313. The second kappa shape index (κ2) is 3.25. The Labute approximate surface area is 73.9 Å². The Balaban J connectivity index is 3.38. The quantitative estimate of drug-likeness (QED) is 0.514. The van der Waals surface area contributed by atoms with Gasteiger partial charge in [0.05, 0.1) is 4.90 Å². The highest BCUT2D eigenvalue weighted by Gasteiger charge is 2.08. The number of rotatable bonds is 1. The van der Waals surface area contributed by atoms with Crippen molar-refractivity contribution < 1.29 is 8.76 Å². The second-order valence-corrected chi connectivity index (χ2v) is 3.64. The van der Waals surface area contributed by atoms with Crippen LogP contribution in [0.4, 0.5) is 5.69 Å². The third-order valence-electron chi connectivity index (χ3n) is 1.66. The molecule has 0 radical (unpaired) electrons. The normalized spacial score (nSPS) is 12.9. The van der Waals surface area contributed by atoms with Crippen molar-refractivity contribution in [3.63, 3.8) is 0 Å². The largest absolute Gasteiger partial charge is 0.399 e. The highest BCUT2D eigenvalue weighted by atomic mass is 32.2. The van der Waals surface area contributed by atoms with Gasteiger partial charge in [0.2, 0.25) is 0 Å². The minimum Gasteiger partial charge on any atom is -0.399 e. The van der Waals surface area contributed by atoms with Gasteiger partial charge in [-0.3, -0.25) is 0 Å². The number of benzene rings is 1. The van der Waals surface area contributed by atoms with Gasteiger partial charge in [-0.05, 0) is 37.1 Å². The summed E-state index contributed by atoms with van der Waals surface area (Å²) < 4.78 is 19.7. The van der Waals surface area contributed by atoms with Crippen molar-refractivity contribution in [1.29, 1.82) is 0 Å². The van der Waals surface area contributed by atoms with Gasteiger partial charge in [0.1, 0.15) is 0 Å². The van der Waals surface area contributed by atoms with Crippen LogP contribution in [0.2, 0.25) is 0 Å². The van der Waals surface area contributed by atoms with E-state index in [0.29, 0.717) is 10.6 Å². The molecule has 0 amide bonds. The first kappa shape index (κ1) is 9.22. The van der Waals surface area contributed by atoms with Crippen molar-refractivity contribution in [1.82, 2.24) is 0 Å². The van der Waals surface area contributed by atoms with E-state index in [1.165, 1.54) is 0 Å². The average Bonchev–Trinajstić information content (AvgIpc) is 1.82. The van der Waals surface area contributed by atoms with Gasteiger partial charge in [-0.25, -0.2) is 4.21 Å². The number of hydrogen-bond donors (Lipinski definition) is 2. The van der Waals surface area contributed by atoms with Gasteiger partial charge in [-0.2, -0.15) is 0 Å². The molecule has 1 unspecified atom stereocenters. The lowest BCUT2D eigenvalue weighted by atomic mass is 10.1. The van der Waals surface area contributed by atoms with Gasteiger partial charge in [-0.15, -0.1) is 0 Å². The molecule has 0 bridgehead atoms. The first-order valence-corrected chi connectivity index (χ1v) is 4.60. The van der Waals surface area contributed by atoms with Gasteiger partial charge < -0.3 is 10.3 Å². The molecular formula is C8H11NO2S. The molecule has 0 fully saturated rings. The lowest BCUT2D eigenvalue weighted by molar-refractivity contribution is 0.563. The molecule has 1 aromatic rings. The standard InChI is InChI=1S/C8H11NO2S/c1-5-3-7(9)4-6(2)8(5)12(10)11/h3-4H,9H2,1-2H3,(H,10,11). The van der Waals surface area contributed by atoms with Crippen molar-refractivity contribution in [2.45, 2.75) is 18.7 Å². The number of aryl methyl sites for hydroxylation is 2. The van der Waals surface area contributed by atoms with E-state index in [1.54, 1.807) is 26.0 Å². The monoisotopic (exact) mass is 185 g/mol. The van der Waals surface area contributed by atoms with E-state index >= 15 is 0 Å². The maximum Gasteiger partial charge on any atom is 0.187 e. The Morgan fingerprint density at radius 3 is 2.08 bits per heavy atom. The summed E-state index contributed by atoms with van der Waals surface area (Å²) in [6.45, 7) is 3.54. The summed E-state index contributed by atoms with van der Waals surface area (Å²) in [5, 5.41) is 0. The molecular weight excluding hydrogens is 174 g/mol. The smallest absolute Gasteiger partial charge is 0.187 e. The van der Waals surface area contributed by atoms with Gasteiger partial charge in [0, 0.05) is 5.69 Å². The van der Waals surface area contributed by atoms with Crippen LogP contribution in [-0.2, 0) is 11.1 Å². The zero-order valence-corrected chi connectivity index (χ0v) is 7.81. The maximum absolute atomic E-state index is 10.8. The van der Waals surface area contributed by atoms with Crippen molar-refractivity contribution in [2.24, 2.45) is 0 Å². The van der Waals surface area contributed by atoms with E-state index in [0.717, 1.165) is 11.1 Å². The number of nitrogens with two attached hydrogens (primary N) is 1. The molecule has 0 heterocycles. The Kier molecular flexibility index (Phi) is 2.49. The molecule has 0 spiro atoms. The van der Waals surface area contributed by atoms with Crippen molar-refractivity contribution in [3.05, 3.63) is 23.3 Å². The molecule has 1 aromatic carbocycles. The number of anilines is 1. The molecule has 66 valence electrons. The van der Waals surface area contributed by atoms with Crippen molar-refractivity contribution >= 4 is 16.8 Å². The fourth-order valence-electron chi connectivity index (χ4n) is 1.26. The minimum atomic E-state index is -1.92.